The number of hydrogen-bond acceptors (Lipinski definition) is 5. The van der Waals surface area contributed by atoms with Gasteiger partial charge in [-0.1, -0.05) is 35.5 Å². The van der Waals surface area contributed by atoms with Crippen molar-refractivity contribution >= 4 is 35.1 Å². The highest BCUT2D eigenvalue weighted by Crippen LogP contribution is 2.18. The molecule has 0 aliphatic heterocycles. The molecule has 28 heavy (non-hydrogen) atoms. The third kappa shape index (κ3) is 4.76. The standard InChI is InChI=1S/C19H16ClFN4O2S/c1-25-17(10-22-18(27)14-4-2-3-5-15(14)21)23-24-19(25)28-11-16(26)12-6-8-13(20)9-7-12/h2-9H,10-11H2,1H3,(H,22,27). The van der Waals surface area contributed by atoms with Crippen LogP contribution in [0.25, 0.3) is 0 Å². The molecule has 2 aromatic carbocycles. The number of hydrogen-bond donors (Lipinski definition) is 1. The topological polar surface area (TPSA) is 76.9 Å². The number of amides is 1. The van der Waals surface area contributed by atoms with Gasteiger partial charge < -0.3 is 9.88 Å². The monoisotopic (exact) mass is 418 g/mol. The summed E-state index contributed by atoms with van der Waals surface area (Å²) in [6.07, 6.45) is 0. The van der Waals surface area contributed by atoms with E-state index in [9.17, 15) is 14.0 Å². The second-order valence-corrected chi connectivity index (χ2v) is 7.22. The van der Waals surface area contributed by atoms with E-state index in [2.05, 4.69) is 15.5 Å². The lowest BCUT2D eigenvalue weighted by atomic mass is 10.1. The highest BCUT2D eigenvalue weighted by Gasteiger charge is 2.15. The number of benzene rings is 2. The molecule has 0 aliphatic carbocycles. The van der Waals surface area contributed by atoms with Crippen LogP contribution in [-0.2, 0) is 13.6 Å². The zero-order valence-corrected chi connectivity index (χ0v) is 16.4. The van der Waals surface area contributed by atoms with E-state index in [0.29, 0.717) is 21.6 Å². The molecular weight excluding hydrogens is 403 g/mol. The van der Waals surface area contributed by atoms with Gasteiger partial charge in [-0.2, -0.15) is 0 Å². The molecule has 9 heteroatoms. The first-order chi connectivity index (χ1) is 13.5. The summed E-state index contributed by atoms with van der Waals surface area (Å²) in [5.74, 6) is -0.497. The third-order valence-electron chi connectivity index (χ3n) is 3.95. The predicted octanol–water partition coefficient (Wildman–Crippen LogP) is 3.51. The second kappa shape index (κ2) is 8.99. The Kier molecular flexibility index (Phi) is 6.43. The summed E-state index contributed by atoms with van der Waals surface area (Å²) in [6.45, 7) is 0.0857. The van der Waals surface area contributed by atoms with E-state index in [1.807, 2.05) is 0 Å². The van der Waals surface area contributed by atoms with E-state index in [4.69, 9.17) is 11.6 Å². The normalized spacial score (nSPS) is 10.7. The van der Waals surface area contributed by atoms with Gasteiger partial charge in [0.2, 0.25) is 0 Å². The molecule has 0 bridgehead atoms. The Balaban J connectivity index is 1.58. The molecule has 1 heterocycles. The van der Waals surface area contributed by atoms with Crippen LogP contribution >= 0.6 is 23.4 Å². The molecule has 0 unspecified atom stereocenters. The Bertz CT molecular complexity index is 1010. The summed E-state index contributed by atoms with van der Waals surface area (Å²) in [6, 6.07) is 12.4. The maximum atomic E-state index is 13.7. The van der Waals surface area contributed by atoms with E-state index in [0.717, 1.165) is 0 Å². The number of thioether (sulfide) groups is 1. The SMILES string of the molecule is Cn1c(CNC(=O)c2ccccc2F)nnc1SCC(=O)c1ccc(Cl)cc1. The number of carbonyl (C=O) groups excluding carboxylic acids is 2. The zero-order valence-electron chi connectivity index (χ0n) is 14.9. The van der Waals surface area contributed by atoms with Gasteiger partial charge >= 0.3 is 0 Å². The lowest BCUT2D eigenvalue weighted by molar-refractivity contribution is 0.0944. The van der Waals surface area contributed by atoms with Crippen molar-refractivity contribution in [3.63, 3.8) is 0 Å². The van der Waals surface area contributed by atoms with Crippen LogP contribution in [0.5, 0.6) is 0 Å². The minimum Gasteiger partial charge on any atom is -0.345 e. The largest absolute Gasteiger partial charge is 0.345 e. The summed E-state index contributed by atoms with van der Waals surface area (Å²) < 4.78 is 15.3. The number of nitrogens with zero attached hydrogens (tertiary/aromatic N) is 3. The van der Waals surface area contributed by atoms with Crippen LogP contribution < -0.4 is 5.32 Å². The minimum atomic E-state index is -0.588. The molecule has 1 amide bonds. The van der Waals surface area contributed by atoms with Crippen molar-refractivity contribution in [3.8, 4) is 0 Å². The van der Waals surface area contributed by atoms with Crippen LogP contribution in [-0.4, -0.2) is 32.2 Å². The fraction of sp³-hybridized carbons (Fsp3) is 0.158. The summed E-state index contributed by atoms with van der Waals surface area (Å²) in [5, 5.41) is 11.8. The Morgan fingerprint density at radius 2 is 1.86 bits per heavy atom. The van der Waals surface area contributed by atoms with E-state index in [1.54, 1.807) is 41.9 Å². The average molecular weight is 419 g/mol. The summed E-state index contributed by atoms with van der Waals surface area (Å²) in [7, 11) is 1.74. The van der Waals surface area contributed by atoms with Crippen LogP contribution in [0.3, 0.4) is 0 Å². The molecule has 0 spiro atoms. The number of nitrogens with one attached hydrogen (secondary N) is 1. The van der Waals surface area contributed by atoms with Crippen LogP contribution in [0.1, 0.15) is 26.5 Å². The number of carbonyl (C=O) groups is 2. The highest BCUT2D eigenvalue weighted by molar-refractivity contribution is 7.99. The van der Waals surface area contributed by atoms with E-state index < -0.39 is 11.7 Å². The second-order valence-electron chi connectivity index (χ2n) is 5.84. The molecule has 1 aromatic heterocycles. The van der Waals surface area contributed by atoms with Crippen molar-refractivity contribution in [2.45, 2.75) is 11.7 Å². The molecule has 6 nitrogen and oxygen atoms in total. The van der Waals surface area contributed by atoms with Gasteiger partial charge in [0, 0.05) is 17.6 Å². The lowest BCUT2D eigenvalue weighted by Crippen LogP contribution is -2.25. The number of rotatable bonds is 7. The van der Waals surface area contributed by atoms with Crippen molar-refractivity contribution in [1.29, 1.82) is 0 Å². The van der Waals surface area contributed by atoms with Gasteiger partial charge in [0.15, 0.2) is 16.8 Å². The van der Waals surface area contributed by atoms with E-state index in [-0.39, 0.29) is 23.6 Å². The zero-order chi connectivity index (χ0) is 20.1. The maximum absolute atomic E-state index is 13.7. The lowest BCUT2D eigenvalue weighted by Gasteiger charge is -2.06. The van der Waals surface area contributed by atoms with Crippen molar-refractivity contribution in [2.24, 2.45) is 7.05 Å². The van der Waals surface area contributed by atoms with Crippen molar-refractivity contribution in [2.75, 3.05) is 5.75 Å². The Morgan fingerprint density at radius 3 is 2.57 bits per heavy atom. The Hall–Kier alpha value is -2.71. The minimum absolute atomic E-state index is 0.0344. The van der Waals surface area contributed by atoms with Gasteiger partial charge in [0.1, 0.15) is 5.82 Å². The van der Waals surface area contributed by atoms with Crippen LogP contribution in [0.2, 0.25) is 5.02 Å². The molecule has 0 atom stereocenters. The number of aromatic nitrogens is 3. The smallest absolute Gasteiger partial charge is 0.254 e. The number of Topliss-reactive ketones (excluding diaryl/α,β-unsaturated/α-hetero) is 1. The van der Waals surface area contributed by atoms with Gasteiger partial charge in [0.25, 0.3) is 5.91 Å². The summed E-state index contributed by atoms with van der Waals surface area (Å²) >= 11 is 7.07. The summed E-state index contributed by atoms with van der Waals surface area (Å²) in [4.78, 5) is 24.3. The summed E-state index contributed by atoms with van der Waals surface area (Å²) in [5.41, 5.74) is 0.532. The van der Waals surface area contributed by atoms with Gasteiger partial charge in [-0.25, -0.2) is 4.39 Å². The van der Waals surface area contributed by atoms with Crippen LogP contribution in [0, 0.1) is 5.82 Å². The quantitative estimate of drug-likeness (QED) is 0.469. The van der Waals surface area contributed by atoms with Gasteiger partial charge in [0.05, 0.1) is 17.9 Å². The van der Waals surface area contributed by atoms with E-state index in [1.165, 1.54) is 30.0 Å². The highest BCUT2D eigenvalue weighted by atomic mass is 35.5. The molecule has 0 fully saturated rings. The first kappa shape index (κ1) is 20.0. The molecule has 3 rings (SSSR count). The van der Waals surface area contributed by atoms with Crippen LogP contribution in [0.4, 0.5) is 4.39 Å². The van der Waals surface area contributed by atoms with Gasteiger partial charge in [-0.15, -0.1) is 10.2 Å². The fourth-order valence-corrected chi connectivity index (χ4v) is 3.32. The fourth-order valence-electron chi connectivity index (χ4n) is 2.37. The Morgan fingerprint density at radius 1 is 1.14 bits per heavy atom. The molecule has 0 aliphatic rings. The molecule has 3 aromatic rings. The van der Waals surface area contributed by atoms with Gasteiger partial charge in [-0.3, -0.25) is 9.59 Å². The number of halogens is 2. The molecule has 0 saturated carbocycles. The molecule has 144 valence electrons. The average Bonchev–Trinajstić information content (AvgIpc) is 3.04. The first-order valence-electron chi connectivity index (χ1n) is 8.28. The molecule has 0 saturated heterocycles. The van der Waals surface area contributed by atoms with E-state index >= 15 is 0 Å². The molecular formula is C19H16ClFN4O2S. The molecule has 0 radical (unpaired) electrons. The van der Waals surface area contributed by atoms with Crippen molar-refractivity contribution in [1.82, 2.24) is 20.1 Å². The molecule has 1 N–H and O–H groups in total. The van der Waals surface area contributed by atoms with Crippen LogP contribution in [0.15, 0.2) is 53.7 Å². The maximum Gasteiger partial charge on any atom is 0.254 e. The predicted molar refractivity (Wildman–Crippen MR) is 105 cm³/mol. The van der Waals surface area contributed by atoms with Crippen molar-refractivity contribution in [3.05, 3.63) is 76.3 Å². The third-order valence-corrected chi connectivity index (χ3v) is 5.22. The first-order valence-corrected chi connectivity index (χ1v) is 9.64. The number of ketones is 1. The van der Waals surface area contributed by atoms with Gasteiger partial charge in [-0.05, 0) is 36.4 Å². The Labute approximate surface area is 170 Å². The van der Waals surface area contributed by atoms with Crippen molar-refractivity contribution < 1.29 is 14.0 Å².